The second-order valence-corrected chi connectivity index (χ2v) is 19.3. The van der Waals surface area contributed by atoms with E-state index in [4.69, 9.17) is 14.2 Å². The number of ether oxygens (including phenoxy) is 3. The lowest BCUT2D eigenvalue weighted by atomic mass is 9.79. The quantitative estimate of drug-likeness (QED) is 0.112. The monoisotopic (exact) mass is 1020 g/mol. The molecule has 0 fully saturated rings. The van der Waals surface area contributed by atoms with Crippen molar-refractivity contribution in [2.45, 2.75) is 85.4 Å². The minimum absolute atomic E-state index is 0.0104. The molecule has 0 aliphatic rings. The summed E-state index contributed by atoms with van der Waals surface area (Å²) in [6.07, 6.45) is 0. The summed E-state index contributed by atoms with van der Waals surface area (Å²) in [5.41, 5.74) is 2.20. The van der Waals surface area contributed by atoms with Crippen molar-refractivity contribution in [1.82, 2.24) is 0 Å². The van der Waals surface area contributed by atoms with Crippen molar-refractivity contribution in [3.8, 4) is 40.2 Å². The maximum absolute atomic E-state index is 12.5. The van der Waals surface area contributed by atoms with Gasteiger partial charge in [-0.15, -0.1) is 28.7 Å². The number of non-ortho nitro benzene ring substituents is 1. The van der Waals surface area contributed by atoms with Gasteiger partial charge in [-0.05, 0) is 101 Å². The Morgan fingerprint density at radius 2 is 1.04 bits per heavy atom. The topological polar surface area (TPSA) is 226 Å². The fourth-order valence-electron chi connectivity index (χ4n) is 5.80. The highest BCUT2D eigenvalue weighted by Crippen LogP contribution is 2.40. The Balaban J connectivity index is 0.000000292. The first-order valence-corrected chi connectivity index (χ1v) is 22.6. The molecule has 70 heavy (non-hydrogen) atoms. The van der Waals surface area contributed by atoms with Gasteiger partial charge in [-0.2, -0.15) is 0 Å². The van der Waals surface area contributed by atoms with Gasteiger partial charge in [0, 0.05) is 23.7 Å². The minimum Gasteiger partial charge on any atom is -0.872 e. The Morgan fingerprint density at radius 3 is 1.44 bits per heavy atom. The van der Waals surface area contributed by atoms with Crippen molar-refractivity contribution in [2.75, 3.05) is 14.2 Å². The van der Waals surface area contributed by atoms with Crippen LogP contribution >= 0.6 is 15.9 Å². The summed E-state index contributed by atoms with van der Waals surface area (Å²) in [4.78, 5) is 19.8. The first-order valence-electron chi connectivity index (χ1n) is 21.8. The van der Waals surface area contributed by atoms with Gasteiger partial charge in [0.05, 0.1) is 24.6 Å². The summed E-state index contributed by atoms with van der Waals surface area (Å²) >= 11 is 3.21. The van der Waals surface area contributed by atoms with Gasteiger partial charge in [-0.25, -0.2) is 0 Å². The van der Waals surface area contributed by atoms with Gasteiger partial charge in [0.15, 0.2) is 0 Å². The third-order valence-corrected chi connectivity index (χ3v) is 9.80. The molecule has 0 aliphatic heterocycles. The smallest absolute Gasteiger partial charge is 0.269 e. The van der Waals surface area contributed by atoms with E-state index >= 15 is 0 Å². The molecule has 374 valence electrons. The van der Waals surface area contributed by atoms with Crippen LogP contribution in [0.15, 0.2) is 156 Å². The van der Waals surface area contributed by atoms with E-state index in [2.05, 4.69) is 57.5 Å². The Kier molecular flexibility index (Phi) is 23.2. The SMILES string of the molecule is CC(C)(C)Oc1ccc([O-])cc1.COCc1ccc(C(=O)[O-])cc1.COc1cc(C(C)(C)C)c([O-])c(C(C)(C)C)c1.O=[N+]([O-])c1ccc([O-])cc1.[O-]c1ccc(Br)cc1.[O-]c1cccc2ccccc12. The number of fused-ring (bicyclic) bond motifs is 1. The molecule has 7 aromatic rings. The van der Waals surface area contributed by atoms with Crippen molar-refractivity contribution < 1.29 is 54.6 Å². The molecule has 0 spiro atoms. The molecule has 0 amide bonds. The molecule has 0 unspecified atom stereocenters. The lowest BCUT2D eigenvalue weighted by Gasteiger charge is -2.33. The molecule has 0 saturated carbocycles. The Morgan fingerprint density at radius 1 is 0.586 bits per heavy atom. The summed E-state index contributed by atoms with van der Waals surface area (Å²) in [5.74, 6) is 0.435. The summed E-state index contributed by atoms with van der Waals surface area (Å²) in [6.45, 7) is 18.7. The first kappa shape index (κ1) is 58.8. The number of nitro benzene ring substituents is 1. The molecular weight excluding hydrogens is 959 g/mol. The molecule has 0 bridgehead atoms. The van der Waals surface area contributed by atoms with Gasteiger partial charge in [0.2, 0.25) is 0 Å². The van der Waals surface area contributed by atoms with Gasteiger partial charge in [-0.3, -0.25) is 10.1 Å². The Labute approximate surface area is 419 Å². The summed E-state index contributed by atoms with van der Waals surface area (Å²) in [7, 11) is 3.23. The van der Waals surface area contributed by atoms with Crippen LogP contribution in [-0.2, 0) is 22.2 Å². The largest absolute Gasteiger partial charge is 0.872 e. The third kappa shape index (κ3) is 21.8. The van der Waals surface area contributed by atoms with Crippen LogP contribution in [0.3, 0.4) is 0 Å². The molecule has 0 aliphatic carbocycles. The number of carboxylic acids is 1. The van der Waals surface area contributed by atoms with Gasteiger partial charge in [0.25, 0.3) is 5.69 Å². The molecule has 13 nitrogen and oxygen atoms in total. The van der Waals surface area contributed by atoms with Crippen LogP contribution in [0.2, 0.25) is 0 Å². The number of benzene rings is 7. The Hall–Kier alpha value is -7.29. The van der Waals surface area contributed by atoms with E-state index in [-0.39, 0.29) is 56.4 Å². The molecule has 0 atom stereocenters. The molecule has 0 aromatic heterocycles. The number of carboxylic acid groups (broad SMARTS) is 1. The van der Waals surface area contributed by atoms with Gasteiger partial charge in [-0.1, -0.05) is 161 Å². The van der Waals surface area contributed by atoms with Crippen molar-refractivity contribution in [2.24, 2.45) is 0 Å². The molecule has 0 N–H and O–H groups in total. The average molecular weight is 1020 g/mol. The third-order valence-electron chi connectivity index (χ3n) is 9.27. The zero-order chi connectivity index (χ0) is 52.8. The predicted molar refractivity (Wildman–Crippen MR) is 267 cm³/mol. The molecule has 7 rings (SSSR count). The minimum atomic E-state index is -1.15. The van der Waals surface area contributed by atoms with E-state index in [1.54, 1.807) is 62.8 Å². The number of methoxy groups -OCH3 is 2. The second-order valence-electron chi connectivity index (χ2n) is 18.3. The number of carbonyl (C=O) groups excluding carboxylic acids is 1. The molecule has 0 heterocycles. The summed E-state index contributed by atoms with van der Waals surface area (Å²) in [5, 5.41) is 77.4. The standard InChI is InChI=1S/C15H24O2.C10H14O2.C10H8O.C9H10O3.C6H5BrO.C6H5NO3/c1-14(2,3)11-8-10(17-7)9-12(13(11)16)15(4,5)6;1-10(2,3)12-9-6-4-8(11)5-7-9;11-10-7-3-5-8-4-1-2-6-9(8)10;1-12-6-7-2-4-8(5-3-7)9(10)11;7-5-1-3-6(8)4-2-5;8-6-3-1-5(2-4-6)7(9)10/h8-9,16H,1-7H3;4-7,11H,1-3H3;1-7,11H;2-5H,6H2,1H3,(H,10,11);1-4,8H;1-4,8H/p-6. The molecule has 14 heteroatoms. The van der Waals surface area contributed by atoms with Gasteiger partial charge in [0.1, 0.15) is 17.1 Å². The van der Waals surface area contributed by atoms with Crippen molar-refractivity contribution in [1.29, 1.82) is 0 Å². The second kappa shape index (κ2) is 27.6. The fraction of sp³-hybridized carbons (Fsp3) is 0.268. The van der Waals surface area contributed by atoms with Crippen molar-refractivity contribution >= 4 is 38.4 Å². The van der Waals surface area contributed by atoms with Crippen LogP contribution in [0.1, 0.15) is 89.4 Å². The number of nitro groups is 1. The van der Waals surface area contributed by atoms with Crippen LogP contribution in [0, 0.1) is 10.1 Å². The zero-order valence-electron chi connectivity index (χ0n) is 41.4. The number of nitrogens with zero attached hydrogens (tertiary/aromatic N) is 1. The number of halogens is 1. The number of carbonyl (C=O) groups is 1. The van der Waals surface area contributed by atoms with Gasteiger partial charge < -0.3 is 49.6 Å². The molecule has 0 saturated heterocycles. The van der Waals surface area contributed by atoms with Crippen LogP contribution < -0.4 is 40.1 Å². The van der Waals surface area contributed by atoms with E-state index in [0.717, 1.165) is 55.6 Å². The highest BCUT2D eigenvalue weighted by Gasteiger charge is 2.22. The van der Waals surface area contributed by atoms with Crippen molar-refractivity contribution in [3.63, 3.8) is 0 Å². The van der Waals surface area contributed by atoms with Crippen LogP contribution in [0.5, 0.6) is 40.2 Å². The van der Waals surface area contributed by atoms with Crippen LogP contribution in [0.25, 0.3) is 10.8 Å². The number of rotatable bonds is 6. The summed E-state index contributed by atoms with van der Waals surface area (Å²) in [6, 6.07) is 40.6. The fourth-order valence-corrected chi connectivity index (χ4v) is 6.06. The highest BCUT2D eigenvalue weighted by atomic mass is 79.9. The van der Waals surface area contributed by atoms with Crippen LogP contribution in [-0.4, -0.2) is 30.7 Å². The average Bonchev–Trinajstić information content (AvgIpc) is 3.29. The molecule has 7 aromatic carbocycles. The first-order chi connectivity index (χ1) is 32.6. The van der Waals surface area contributed by atoms with Crippen LogP contribution in [0.4, 0.5) is 5.69 Å². The van der Waals surface area contributed by atoms with E-state index in [1.165, 1.54) is 48.5 Å². The predicted octanol–water partition coefficient (Wildman–Crippen LogP) is 9.60. The maximum Gasteiger partial charge on any atom is 0.269 e. The van der Waals surface area contributed by atoms with E-state index < -0.39 is 10.9 Å². The van der Waals surface area contributed by atoms with E-state index in [1.807, 2.05) is 63.2 Å². The summed E-state index contributed by atoms with van der Waals surface area (Å²) < 4.78 is 16.6. The lowest BCUT2D eigenvalue weighted by molar-refractivity contribution is -0.385. The number of hydrogen-bond donors (Lipinski definition) is 0. The highest BCUT2D eigenvalue weighted by molar-refractivity contribution is 9.10. The number of hydrogen-bond acceptors (Lipinski definition) is 12. The normalized spacial score (nSPS) is 10.6. The van der Waals surface area contributed by atoms with Gasteiger partial charge >= 0.3 is 0 Å². The Bertz CT molecular complexity index is 2610. The van der Waals surface area contributed by atoms with Crippen molar-refractivity contribution in [3.05, 3.63) is 189 Å². The zero-order valence-corrected chi connectivity index (χ0v) is 43.0. The maximum atomic E-state index is 12.5. The van der Waals surface area contributed by atoms with E-state index in [9.17, 15) is 45.5 Å². The van der Waals surface area contributed by atoms with E-state index in [0.29, 0.717) is 6.61 Å². The number of aromatic carboxylic acids is 1. The lowest BCUT2D eigenvalue weighted by Crippen LogP contribution is -2.22. The molecular formula is C56H60BrNO12-6. The molecule has 0 radical (unpaired) electrons.